The molecular formula is C23H29IN4OS. The molecule has 0 saturated heterocycles. The second-order valence-electron chi connectivity index (χ2n) is 6.66. The first-order chi connectivity index (χ1) is 14.3. The molecule has 7 heteroatoms. The number of hydrogen-bond donors (Lipinski definition) is 3. The Morgan fingerprint density at radius 3 is 2.47 bits per heavy atom. The summed E-state index contributed by atoms with van der Waals surface area (Å²) in [5.74, 6) is 0.770. The summed E-state index contributed by atoms with van der Waals surface area (Å²) in [7, 11) is 0. The molecule has 0 amide bonds. The highest BCUT2D eigenvalue weighted by Gasteiger charge is 2.07. The number of thiazole rings is 1. The lowest BCUT2D eigenvalue weighted by atomic mass is 10.1. The molecule has 0 fully saturated rings. The number of guanidine groups is 1. The molecule has 1 heterocycles. The molecule has 0 saturated carbocycles. The highest BCUT2D eigenvalue weighted by molar-refractivity contribution is 14.0. The van der Waals surface area contributed by atoms with Gasteiger partial charge in [-0.1, -0.05) is 60.7 Å². The Hall–Kier alpha value is -1.97. The minimum Gasteiger partial charge on any atom is -0.388 e. The fourth-order valence-corrected chi connectivity index (χ4v) is 3.79. The second-order valence-corrected chi connectivity index (χ2v) is 7.52. The molecule has 3 aromatic rings. The Balaban J connectivity index is 0.00000320. The third kappa shape index (κ3) is 7.70. The van der Waals surface area contributed by atoms with E-state index in [0.717, 1.165) is 47.3 Å². The molecule has 0 aliphatic carbocycles. The lowest BCUT2D eigenvalue weighted by molar-refractivity contribution is 0.170. The van der Waals surface area contributed by atoms with Crippen LogP contribution in [0.1, 0.15) is 30.7 Å². The van der Waals surface area contributed by atoms with Crippen molar-refractivity contribution in [1.29, 1.82) is 0 Å². The first-order valence-corrected chi connectivity index (χ1v) is 10.9. The summed E-state index contributed by atoms with van der Waals surface area (Å²) in [5, 5.41) is 20.0. The number of aliphatic imine (C=N–C) groups is 1. The first-order valence-electron chi connectivity index (χ1n) is 10.0. The lowest BCUT2D eigenvalue weighted by Crippen LogP contribution is -2.38. The molecular weight excluding hydrogens is 507 g/mol. The van der Waals surface area contributed by atoms with Gasteiger partial charge in [-0.2, -0.15) is 0 Å². The van der Waals surface area contributed by atoms with Crippen LogP contribution >= 0.6 is 35.3 Å². The van der Waals surface area contributed by atoms with Crippen LogP contribution in [0.5, 0.6) is 0 Å². The van der Waals surface area contributed by atoms with E-state index in [9.17, 15) is 5.11 Å². The van der Waals surface area contributed by atoms with Crippen molar-refractivity contribution in [3.05, 3.63) is 77.3 Å². The van der Waals surface area contributed by atoms with Gasteiger partial charge in [-0.15, -0.1) is 35.3 Å². The number of nitrogens with zero attached hydrogens (tertiary/aromatic N) is 2. The van der Waals surface area contributed by atoms with Crippen molar-refractivity contribution in [1.82, 2.24) is 15.6 Å². The number of aliphatic hydroxyl groups is 1. The van der Waals surface area contributed by atoms with E-state index < -0.39 is 6.10 Å². The van der Waals surface area contributed by atoms with Gasteiger partial charge in [-0.05, 0) is 18.9 Å². The second kappa shape index (κ2) is 13.4. The summed E-state index contributed by atoms with van der Waals surface area (Å²) in [6.45, 7) is 4.15. The summed E-state index contributed by atoms with van der Waals surface area (Å²) in [6, 6.07) is 20.0. The van der Waals surface area contributed by atoms with Crippen LogP contribution in [0.15, 0.2) is 71.0 Å². The fourth-order valence-electron chi connectivity index (χ4n) is 2.93. The zero-order valence-electron chi connectivity index (χ0n) is 17.1. The van der Waals surface area contributed by atoms with E-state index in [0.29, 0.717) is 13.0 Å². The monoisotopic (exact) mass is 536 g/mol. The highest BCUT2D eigenvalue weighted by atomic mass is 127. The smallest absolute Gasteiger partial charge is 0.191 e. The summed E-state index contributed by atoms with van der Waals surface area (Å²) in [6.07, 6.45) is 0.933. The first kappa shape index (κ1) is 24.3. The van der Waals surface area contributed by atoms with Gasteiger partial charge in [0.2, 0.25) is 0 Å². The van der Waals surface area contributed by atoms with Crippen LogP contribution in [0.4, 0.5) is 0 Å². The predicted molar refractivity (Wildman–Crippen MR) is 137 cm³/mol. The summed E-state index contributed by atoms with van der Waals surface area (Å²) < 4.78 is 0. The van der Waals surface area contributed by atoms with E-state index in [2.05, 4.69) is 33.1 Å². The van der Waals surface area contributed by atoms with Gasteiger partial charge in [0.25, 0.3) is 0 Å². The summed E-state index contributed by atoms with van der Waals surface area (Å²) >= 11 is 1.67. The van der Waals surface area contributed by atoms with Gasteiger partial charge in [0.15, 0.2) is 5.96 Å². The van der Waals surface area contributed by atoms with Gasteiger partial charge < -0.3 is 15.7 Å². The van der Waals surface area contributed by atoms with Crippen LogP contribution in [0.2, 0.25) is 0 Å². The molecule has 160 valence electrons. The Morgan fingerprint density at radius 2 is 1.77 bits per heavy atom. The van der Waals surface area contributed by atoms with Gasteiger partial charge in [0, 0.05) is 37.0 Å². The normalized spacial score (nSPS) is 12.1. The number of rotatable bonds is 9. The zero-order valence-corrected chi connectivity index (χ0v) is 20.3. The predicted octanol–water partition coefficient (Wildman–Crippen LogP) is 4.65. The van der Waals surface area contributed by atoms with E-state index in [1.54, 1.807) is 11.3 Å². The standard InChI is InChI=1S/C23H28N4OS.HI/c1-2-24-23(26-16-14-21(28)18-9-5-3-6-10-18)25-15-13-20-17-29-22(27-20)19-11-7-4-8-12-19;/h3-12,17,21,28H,2,13-16H2,1H3,(H2,24,25,26);1H. The highest BCUT2D eigenvalue weighted by Crippen LogP contribution is 2.23. The van der Waals surface area contributed by atoms with Crippen molar-refractivity contribution in [3.8, 4) is 10.6 Å². The maximum atomic E-state index is 10.3. The van der Waals surface area contributed by atoms with E-state index in [1.807, 2.05) is 55.5 Å². The van der Waals surface area contributed by atoms with Crippen LogP contribution < -0.4 is 10.6 Å². The molecule has 3 rings (SSSR count). The maximum absolute atomic E-state index is 10.3. The average Bonchev–Trinajstić information content (AvgIpc) is 3.24. The van der Waals surface area contributed by atoms with Crippen molar-refractivity contribution in [3.63, 3.8) is 0 Å². The molecule has 1 aromatic heterocycles. The number of aliphatic hydroxyl groups excluding tert-OH is 1. The molecule has 30 heavy (non-hydrogen) atoms. The number of aromatic nitrogens is 1. The summed E-state index contributed by atoms with van der Waals surface area (Å²) in [5.41, 5.74) is 3.17. The van der Waals surface area contributed by atoms with Crippen LogP contribution in [0.3, 0.4) is 0 Å². The maximum Gasteiger partial charge on any atom is 0.191 e. The van der Waals surface area contributed by atoms with Gasteiger partial charge in [0.05, 0.1) is 11.8 Å². The van der Waals surface area contributed by atoms with Crippen LogP contribution in [0, 0.1) is 0 Å². The summed E-state index contributed by atoms with van der Waals surface area (Å²) in [4.78, 5) is 9.31. The Bertz CT molecular complexity index is 886. The SMILES string of the molecule is CCNC(=NCCC(O)c1ccccc1)NCCc1csc(-c2ccccc2)n1.I. The topological polar surface area (TPSA) is 69.5 Å². The van der Waals surface area contributed by atoms with Crippen LogP contribution in [-0.4, -0.2) is 35.7 Å². The molecule has 0 aliphatic rings. The Kier molecular flexibility index (Phi) is 10.8. The number of nitrogens with one attached hydrogen (secondary N) is 2. The van der Waals surface area contributed by atoms with Crippen molar-refractivity contribution in [2.24, 2.45) is 4.99 Å². The minimum atomic E-state index is -0.491. The Morgan fingerprint density at radius 1 is 1.07 bits per heavy atom. The van der Waals surface area contributed by atoms with Crippen LogP contribution in [-0.2, 0) is 6.42 Å². The average molecular weight is 536 g/mol. The fraction of sp³-hybridized carbons (Fsp3) is 0.304. The molecule has 1 unspecified atom stereocenters. The van der Waals surface area contributed by atoms with Crippen LogP contribution in [0.25, 0.3) is 10.6 Å². The third-order valence-electron chi connectivity index (χ3n) is 4.45. The van der Waals surface area contributed by atoms with Gasteiger partial charge >= 0.3 is 0 Å². The van der Waals surface area contributed by atoms with E-state index >= 15 is 0 Å². The number of halogens is 1. The van der Waals surface area contributed by atoms with Crippen molar-refractivity contribution >= 4 is 41.3 Å². The molecule has 0 radical (unpaired) electrons. The number of hydrogen-bond acceptors (Lipinski definition) is 4. The molecule has 0 spiro atoms. The Labute approximate surface area is 199 Å². The number of benzene rings is 2. The van der Waals surface area contributed by atoms with Gasteiger partial charge in [-0.25, -0.2) is 4.98 Å². The van der Waals surface area contributed by atoms with E-state index in [4.69, 9.17) is 4.98 Å². The molecule has 0 aliphatic heterocycles. The van der Waals surface area contributed by atoms with Gasteiger partial charge in [0.1, 0.15) is 5.01 Å². The zero-order chi connectivity index (χ0) is 20.3. The largest absolute Gasteiger partial charge is 0.388 e. The van der Waals surface area contributed by atoms with E-state index in [-0.39, 0.29) is 24.0 Å². The molecule has 2 aromatic carbocycles. The molecule has 0 bridgehead atoms. The van der Waals surface area contributed by atoms with Crippen molar-refractivity contribution < 1.29 is 5.11 Å². The van der Waals surface area contributed by atoms with Crippen molar-refractivity contribution in [2.75, 3.05) is 19.6 Å². The molecule has 1 atom stereocenters. The lowest BCUT2D eigenvalue weighted by Gasteiger charge is -2.12. The molecule has 3 N–H and O–H groups in total. The van der Waals surface area contributed by atoms with Gasteiger partial charge in [-0.3, -0.25) is 4.99 Å². The third-order valence-corrected chi connectivity index (χ3v) is 5.39. The molecule has 5 nitrogen and oxygen atoms in total. The quantitative estimate of drug-likeness (QED) is 0.212. The van der Waals surface area contributed by atoms with E-state index in [1.165, 1.54) is 0 Å². The minimum absolute atomic E-state index is 0. The van der Waals surface area contributed by atoms with Crippen molar-refractivity contribution in [2.45, 2.75) is 25.9 Å².